The Morgan fingerprint density at radius 1 is 1.36 bits per heavy atom. The fraction of sp³-hybridized carbons (Fsp3) is 0.364. The fourth-order valence-electron chi connectivity index (χ4n) is 1.02. The molecule has 2 rings (SSSR count). The van der Waals surface area contributed by atoms with E-state index in [4.69, 9.17) is 0 Å². The lowest BCUT2D eigenvalue weighted by Crippen LogP contribution is -2.21. The first-order chi connectivity index (χ1) is 6.68. The van der Waals surface area contributed by atoms with E-state index in [1.54, 1.807) is 0 Å². The van der Waals surface area contributed by atoms with Crippen molar-refractivity contribution in [3.05, 3.63) is 35.9 Å². The normalized spacial score (nSPS) is 19.0. The molecule has 0 radical (unpaired) electrons. The molecule has 1 aromatic carbocycles. The second-order valence-corrected chi connectivity index (χ2v) is 3.30. The Kier molecular flexibility index (Phi) is 3.98. The zero-order chi connectivity index (χ0) is 10.4. The van der Waals surface area contributed by atoms with Gasteiger partial charge in [-0.3, -0.25) is 0 Å². The van der Waals surface area contributed by atoms with Gasteiger partial charge in [-0.25, -0.2) is 4.79 Å². The molecule has 0 bridgehead atoms. The molecule has 1 aliphatic heterocycles. The number of carbonyl (C=O) groups excluding carboxylic acids is 1. The van der Waals surface area contributed by atoms with E-state index in [0.29, 0.717) is 6.61 Å². The lowest BCUT2D eigenvalue weighted by atomic mass is 10.2. The van der Waals surface area contributed by atoms with Crippen molar-refractivity contribution in [2.24, 2.45) is 0 Å². The molecule has 1 fully saturated rings. The molecule has 1 atom stereocenters. The third-order valence-corrected chi connectivity index (χ3v) is 1.77. The van der Waals surface area contributed by atoms with Crippen molar-refractivity contribution in [2.75, 3.05) is 6.61 Å². The molecule has 1 saturated heterocycles. The SMILES string of the molecule is CC1COC(=O)N1.Cc1ccccc1. The fourth-order valence-corrected chi connectivity index (χ4v) is 1.02. The molecule has 1 aromatic rings. The van der Waals surface area contributed by atoms with Gasteiger partial charge in [-0.1, -0.05) is 35.9 Å². The van der Waals surface area contributed by atoms with Crippen LogP contribution in [0.2, 0.25) is 0 Å². The molecular formula is C11H15NO2. The number of nitrogens with one attached hydrogen (secondary N) is 1. The first-order valence-corrected chi connectivity index (χ1v) is 4.63. The van der Waals surface area contributed by atoms with Crippen molar-refractivity contribution < 1.29 is 9.53 Å². The maximum atomic E-state index is 10.1. The van der Waals surface area contributed by atoms with Crippen LogP contribution in [-0.4, -0.2) is 18.7 Å². The van der Waals surface area contributed by atoms with Gasteiger partial charge < -0.3 is 10.1 Å². The summed E-state index contributed by atoms with van der Waals surface area (Å²) in [4.78, 5) is 10.1. The predicted octanol–water partition coefficient (Wildman–Crippen LogP) is 2.11. The molecule has 1 unspecified atom stereocenters. The standard InChI is InChI=1S/C7H8.C4H7NO2/c1-7-5-3-2-4-6-7;1-3-2-7-4(6)5-3/h2-6H,1H3;3H,2H2,1H3,(H,5,6). The Morgan fingerprint density at radius 2 is 2.00 bits per heavy atom. The monoisotopic (exact) mass is 193 g/mol. The van der Waals surface area contributed by atoms with Gasteiger partial charge in [0.25, 0.3) is 0 Å². The van der Waals surface area contributed by atoms with Crippen LogP contribution in [-0.2, 0) is 4.74 Å². The zero-order valence-electron chi connectivity index (χ0n) is 8.49. The molecule has 1 amide bonds. The predicted molar refractivity (Wildman–Crippen MR) is 55.1 cm³/mol. The summed E-state index contributed by atoms with van der Waals surface area (Å²) >= 11 is 0. The number of aryl methyl sites for hydroxylation is 1. The average Bonchev–Trinajstić information content (AvgIpc) is 2.52. The molecular weight excluding hydrogens is 178 g/mol. The van der Waals surface area contributed by atoms with Gasteiger partial charge in [-0.15, -0.1) is 0 Å². The van der Waals surface area contributed by atoms with E-state index in [1.807, 2.05) is 25.1 Å². The number of carbonyl (C=O) groups is 1. The van der Waals surface area contributed by atoms with Crippen LogP contribution in [0, 0.1) is 6.92 Å². The highest BCUT2D eigenvalue weighted by molar-refractivity contribution is 5.69. The third-order valence-electron chi connectivity index (χ3n) is 1.77. The van der Waals surface area contributed by atoms with E-state index in [2.05, 4.69) is 29.1 Å². The molecule has 0 aliphatic carbocycles. The van der Waals surface area contributed by atoms with Crippen LogP contribution in [0.15, 0.2) is 30.3 Å². The molecule has 0 saturated carbocycles. The van der Waals surface area contributed by atoms with Crippen molar-refractivity contribution in [3.63, 3.8) is 0 Å². The highest BCUT2D eigenvalue weighted by Gasteiger charge is 2.15. The second-order valence-electron chi connectivity index (χ2n) is 3.30. The minimum absolute atomic E-state index is 0.201. The summed E-state index contributed by atoms with van der Waals surface area (Å²) in [5.74, 6) is 0. The molecule has 76 valence electrons. The van der Waals surface area contributed by atoms with Crippen molar-refractivity contribution in [1.29, 1.82) is 0 Å². The number of cyclic esters (lactones) is 1. The Labute approximate surface area is 84.1 Å². The highest BCUT2D eigenvalue weighted by atomic mass is 16.6. The van der Waals surface area contributed by atoms with Crippen LogP contribution in [0.3, 0.4) is 0 Å². The number of alkyl carbamates (subject to hydrolysis) is 1. The van der Waals surface area contributed by atoms with E-state index < -0.39 is 0 Å². The van der Waals surface area contributed by atoms with Crippen LogP contribution in [0.4, 0.5) is 4.79 Å². The minimum atomic E-state index is -0.299. The number of amides is 1. The maximum absolute atomic E-state index is 10.1. The van der Waals surface area contributed by atoms with Crippen molar-refractivity contribution in [2.45, 2.75) is 19.9 Å². The first-order valence-electron chi connectivity index (χ1n) is 4.63. The van der Waals surface area contributed by atoms with Crippen molar-refractivity contribution in [1.82, 2.24) is 5.32 Å². The summed E-state index contributed by atoms with van der Waals surface area (Å²) in [5, 5.41) is 2.56. The lowest BCUT2D eigenvalue weighted by molar-refractivity contribution is 0.177. The van der Waals surface area contributed by atoms with Gasteiger partial charge in [-0.05, 0) is 13.8 Å². The minimum Gasteiger partial charge on any atom is -0.447 e. The Balaban J connectivity index is 0.000000140. The third kappa shape index (κ3) is 3.94. The number of hydrogen-bond donors (Lipinski definition) is 1. The summed E-state index contributed by atoms with van der Waals surface area (Å²) in [5.41, 5.74) is 1.32. The molecule has 14 heavy (non-hydrogen) atoms. The number of ether oxygens (including phenoxy) is 1. The van der Waals surface area contributed by atoms with E-state index in [9.17, 15) is 4.79 Å². The van der Waals surface area contributed by atoms with Gasteiger partial charge in [0.1, 0.15) is 6.61 Å². The summed E-state index contributed by atoms with van der Waals surface area (Å²) < 4.78 is 4.52. The average molecular weight is 193 g/mol. The van der Waals surface area contributed by atoms with Crippen LogP contribution < -0.4 is 5.32 Å². The van der Waals surface area contributed by atoms with Crippen LogP contribution in [0.25, 0.3) is 0 Å². The Hall–Kier alpha value is -1.51. The molecule has 0 spiro atoms. The van der Waals surface area contributed by atoms with Crippen LogP contribution >= 0.6 is 0 Å². The van der Waals surface area contributed by atoms with Crippen molar-refractivity contribution >= 4 is 6.09 Å². The van der Waals surface area contributed by atoms with Gasteiger partial charge in [0, 0.05) is 0 Å². The number of rotatable bonds is 0. The molecule has 1 aliphatic rings. The van der Waals surface area contributed by atoms with Gasteiger partial charge in [0.2, 0.25) is 0 Å². The number of benzene rings is 1. The molecule has 1 heterocycles. The second kappa shape index (κ2) is 5.27. The molecule has 1 N–H and O–H groups in total. The van der Waals surface area contributed by atoms with Gasteiger partial charge in [0.05, 0.1) is 6.04 Å². The topological polar surface area (TPSA) is 38.3 Å². The highest BCUT2D eigenvalue weighted by Crippen LogP contribution is 1.93. The zero-order valence-corrected chi connectivity index (χ0v) is 8.49. The van der Waals surface area contributed by atoms with Crippen LogP contribution in [0.5, 0.6) is 0 Å². The van der Waals surface area contributed by atoms with Crippen molar-refractivity contribution in [3.8, 4) is 0 Å². The lowest BCUT2D eigenvalue weighted by Gasteiger charge is -1.90. The molecule has 3 nitrogen and oxygen atoms in total. The smallest absolute Gasteiger partial charge is 0.407 e. The van der Waals surface area contributed by atoms with E-state index in [0.717, 1.165) is 0 Å². The maximum Gasteiger partial charge on any atom is 0.407 e. The largest absolute Gasteiger partial charge is 0.447 e. The first kappa shape index (κ1) is 10.6. The quantitative estimate of drug-likeness (QED) is 0.685. The van der Waals surface area contributed by atoms with E-state index in [-0.39, 0.29) is 12.1 Å². The van der Waals surface area contributed by atoms with Crippen LogP contribution in [0.1, 0.15) is 12.5 Å². The Bertz CT molecular complexity index is 285. The van der Waals surface area contributed by atoms with E-state index >= 15 is 0 Å². The summed E-state index contributed by atoms with van der Waals surface area (Å²) in [6, 6.07) is 10.5. The number of hydrogen-bond acceptors (Lipinski definition) is 2. The molecule has 3 heteroatoms. The van der Waals surface area contributed by atoms with Gasteiger partial charge in [-0.2, -0.15) is 0 Å². The molecule has 0 aromatic heterocycles. The van der Waals surface area contributed by atoms with Gasteiger partial charge >= 0.3 is 6.09 Å². The summed E-state index contributed by atoms with van der Waals surface area (Å²) in [7, 11) is 0. The van der Waals surface area contributed by atoms with E-state index in [1.165, 1.54) is 5.56 Å². The Morgan fingerprint density at radius 3 is 2.21 bits per heavy atom. The van der Waals surface area contributed by atoms with Gasteiger partial charge in [0.15, 0.2) is 0 Å². The summed E-state index contributed by atoms with van der Waals surface area (Å²) in [6.07, 6.45) is -0.299. The summed E-state index contributed by atoms with van der Waals surface area (Å²) in [6.45, 7) is 4.49.